The quantitative estimate of drug-likeness (QED) is 0.728. The highest BCUT2D eigenvalue weighted by Gasteiger charge is 2.04. The molecule has 1 aromatic carbocycles. The number of H-pyrrole nitrogens is 1. The normalized spacial score (nSPS) is 13.4. The molecular weight excluding hydrogens is 164 g/mol. The van der Waals surface area contributed by atoms with Crippen LogP contribution in [0.2, 0.25) is 0 Å². The lowest BCUT2D eigenvalue weighted by Gasteiger charge is -1.97. The Hall–Kier alpha value is -1.35. The van der Waals surface area contributed by atoms with E-state index in [0.717, 1.165) is 16.9 Å². The third-order valence-electron chi connectivity index (χ3n) is 1.93. The number of aromatic amines is 1. The third kappa shape index (κ3) is 1.70. The lowest BCUT2D eigenvalue weighted by Crippen LogP contribution is -2.05. The first-order valence-corrected chi connectivity index (χ1v) is 4.37. The highest BCUT2D eigenvalue weighted by atomic mass is 16.3. The molecule has 68 valence electrons. The zero-order valence-corrected chi connectivity index (χ0v) is 7.49. The van der Waals surface area contributed by atoms with Gasteiger partial charge in [-0.1, -0.05) is 12.1 Å². The fourth-order valence-corrected chi connectivity index (χ4v) is 1.38. The molecule has 1 atom stereocenters. The van der Waals surface area contributed by atoms with Crippen LogP contribution in [0.4, 0.5) is 0 Å². The van der Waals surface area contributed by atoms with Crippen LogP contribution in [0.25, 0.3) is 11.0 Å². The van der Waals surface area contributed by atoms with Crippen molar-refractivity contribution in [1.82, 2.24) is 9.97 Å². The molecule has 0 bridgehead atoms. The average Bonchev–Trinajstić information content (AvgIpc) is 2.44. The molecule has 0 unspecified atom stereocenters. The van der Waals surface area contributed by atoms with Crippen LogP contribution in [0.3, 0.4) is 0 Å². The SMILES string of the molecule is C[C@H](O)Cc1nc2ccccc2[nH]1. The highest BCUT2D eigenvalue weighted by Crippen LogP contribution is 2.11. The maximum absolute atomic E-state index is 9.17. The van der Waals surface area contributed by atoms with Crippen LogP contribution in [0.5, 0.6) is 0 Å². The van der Waals surface area contributed by atoms with Crippen molar-refractivity contribution in [2.24, 2.45) is 0 Å². The molecule has 0 saturated carbocycles. The number of rotatable bonds is 2. The summed E-state index contributed by atoms with van der Waals surface area (Å²) >= 11 is 0. The number of imidazole rings is 1. The second kappa shape index (κ2) is 3.18. The van der Waals surface area contributed by atoms with Gasteiger partial charge in [0.1, 0.15) is 5.82 Å². The van der Waals surface area contributed by atoms with E-state index < -0.39 is 0 Å². The summed E-state index contributed by atoms with van der Waals surface area (Å²) in [6.45, 7) is 1.76. The summed E-state index contributed by atoms with van der Waals surface area (Å²) in [6, 6.07) is 7.85. The van der Waals surface area contributed by atoms with E-state index in [-0.39, 0.29) is 6.10 Å². The van der Waals surface area contributed by atoms with Crippen molar-refractivity contribution in [3.8, 4) is 0 Å². The van der Waals surface area contributed by atoms with Gasteiger partial charge in [0.05, 0.1) is 17.1 Å². The minimum atomic E-state index is -0.347. The number of nitrogens with one attached hydrogen (secondary N) is 1. The van der Waals surface area contributed by atoms with E-state index >= 15 is 0 Å². The predicted molar refractivity (Wildman–Crippen MR) is 51.5 cm³/mol. The monoisotopic (exact) mass is 176 g/mol. The second-order valence-electron chi connectivity index (χ2n) is 3.25. The van der Waals surface area contributed by atoms with Crippen molar-refractivity contribution in [1.29, 1.82) is 0 Å². The van der Waals surface area contributed by atoms with Crippen molar-refractivity contribution in [2.75, 3.05) is 0 Å². The molecule has 0 aliphatic heterocycles. The summed E-state index contributed by atoms with van der Waals surface area (Å²) in [6.07, 6.45) is 0.231. The van der Waals surface area contributed by atoms with Gasteiger partial charge in [-0.05, 0) is 19.1 Å². The average molecular weight is 176 g/mol. The van der Waals surface area contributed by atoms with E-state index in [1.54, 1.807) is 6.92 Å². The van der Waals surface area contributed by atoms with Crippen LogP contribution in [-0.4, -0.2) is 21.2 Å². The largest absolute Gasteiger partial charge is 0.393 e. The number of fused-ring (bicyclic) bond motifs is 1. The maximum atomic E-state index is 9.17. The van der Waals surface area contributed by atoms with Crippen molar-refractivity contribution >= 4 is 11.0 Å². The van der Waals surface area contributed by atoms with Gasteiger partial charge in [0, 0.05) is 6.42 Å². The Labute approximate surface area is 76.4 Å². The molecule has 2 N–H and O–H groups in total. The number of aliphatic hydroxyl groups excluding tert-OH is 1. The van der Waals surface area contributed by atoms with Crippen LogP contribution in [-0.2, 0) is 6.42 Å². The Kier molecular flexibility index (Phi) is 2.02. The van der Waals surface area contributed by atoms with Crippen molar-refractivity contribution < 1.29 is 5.11 Å². The molecule has 2 rings (SSSR count). The Morgan fingerprint density at radius 2 is 2.23 bits per heavy atom. The van der Waals surface area contributed by atoms with E-state index in [1.165, 1.54) is 0 Å². The summed E-state index contributed by atoms with van der Waals surface area (Å²) in [5, 5.41) is 9.17. The topological polar surface area (TPSA) is 48.9 Å². The van der Waals surface area contributed by atoms with Gasteiger partial charge in [-0.3, -0.25) is 0 Å². The van der Waals surface area contributed by atoms with Crippen LogP contribution in [0.15, 0.2) is 24.3 Å². The lowest BCUT2D eigenvalue weighted by atomic mass is 10.3. The Morgan fingerprint density at radius 3 is 2.92 bits per heavy atom. The molecule has 13 heavy (non-hydrogen) atoms. The van der Waals surface area contributed by atoms with Gasteiger partial charge in [0.15, 0.2) is 0 Å². The predicted octanol–water partition coefficient (Wildman–Crippen LogP) is 1.49. The van der Waals surface area contributed by atoms with Gasteiger partial charge in [-0.25, -0.2) is 4.98 Å². The van der Waals surface area contributed by atoms with Gasteiger partial charge in [0.2, 0.25) is 0 Å². The van der Waals surface area contributed by atoms with E-state index in [9.17, 15) is 5.11 Å². The third-order valence-corrected chi connectivity index (χ3v) is 1.93. The molecule has 0 saturated heterocycles. The maximum Gasteiger partial charge on any atom is 0.109 e. The molecule has 0 spiro atoms. The highest BCUT2D eigenvalue weighted by molar-refractivity contribution is 5.74. The number of para-hydroxylation sites is 2. The standard InChI is InChI=1S/C10H12N2O/c1-7(13)6-10-11-8-4-2-3-5-9(8)12-10/h2-5,7,13H,6H2,1H3,(H,11,12)/t7-/m0/s1. The van der Waals surface area contributed by atoms with Gasteiger partial charge in [-0.2, -0.15) is 0 Å². The zero-order valence-electron chi connectivity index (χ0n) is 7.49. The number of aromatic nitrogens is 2. The van der Waals surface area contributed by atoms with Crippen LogP contribution >= 0.6 is 0 Å². The second-order valence-corrected chi connectivity index (χ2v) is 3.25. The van der Waals surface area contributed by atoms with Crippen LogP contribution in [0, 0.1) is 0 Å². The van der Waals surface area contributed by atoms with Crippen LogP contribution in [0.1, 0.15) is 12.7 Å². The smallest absolute Gasteiger partial charge is 0.109 e. The lowest BCUT2D eigenvalue weighted by molar-refractivity contribution is 0.193. The van der Waals surface area contributed by atoms with Crippen LogP contribution < -0.4 is 0 Å². The molecule has 3 heteroatoms. The van der Waals surface area contributed by atoms with E-state index in [1.807, 2.05) is 24.3 Å². The summed E-state index contributed by atoms with van der Waals surface area (Å²) in [5.41, 5.74) is 1.98. The Bertz CT molecular complexity index is 373. The first-order chi connectivity index (χ1) is 6.25. The molecule has 0 fully saturated rings. The number of benzene rings is 1. The minimum Gasteiger partial charge on any atom is -0.393 e. The van der Waals surface area contributed by atoms with Gasteiger partial charge >= 0.3 is 0 Å². The molecule has 0 aliphatic carbocycles. The molecule has 1 heterocycles. The minimum absolute atomic E-state index is 0.347. The fourth-order valence-electron chi connectivity index (χ4n) is 1.38. The summed E-state index contributed by atoms with van der Waals surface area (Å²) in [5.74, 6) is 0.844. The fraction of sp³-hybridized carbons (Fsp3) is 0.300. The van der Waals surface area contributed by atoms with Gasteiger partial charge < -0.3 is 10.1 Å². The number of hydrogen-bond acceptors (Lipinski definition) is 2. The number of hydrogen-bond donors (Lipinski definition) is 2. The first kappa shape index (κ1) is 8.26. The van der Waals surface area contributed by atoms with E-state index in [2.05, 4.69) is 9.97 Å². The van der Waals surface area contributed by atoms with Gasteiger partial charge in [-0.15, -0.1) is 0 Å². The molecule has 3 nitrogen and oxygen atoms in total. The van der Waals surface area contributed by atoms with Crippen molar-refractivity contribution in [3.63, 3.8) is 0 Å². The Balaban J connectivity index is 2.38. The zero-order chi connectivity index (χ0) is 9.26. The molecule has 0 aliphatic rings. The van der Waals surface area contributed by atoms with Gasteiger partial charge in [0.25, 0.3) is 0 Å². The first-order valence-electron chi connectivity index (χ1n) is 4.37. The van der Waals surface area contributed by atoms with E-state index in [0.29, 0.717) is 6.42 Å². The molecular formula is C10H12N2O. The van der Waals surface area contributed by atoms with Crippen molar-refractivity contribution in [2.45, 2.75) is 19.4 Å². The summed E-state index contributed by atoms with van der Waals surface area (Å²) in [7, 11) is 0. The molecule has 1 aromatic heterocycles. The molecule has 2 aromatic rings. The summed E-state index contributed by atoms with van der Waals surface area (Å²) in [4.78, 5) is 7.49. The summed E-state index contributed by atoms with van der Waals surface area (Å²) < 4.78 is 0. The number of aliphatic hydroxyl groups is 1. The molecule has 0 radical (unpaired) electrons. The van der Waals surface area contributed by atoms with Crippen molar-refractivity contribution in [3.05, 3.63) is 30.1 Å². The number of nitrogens with zero attached hydrogens (tertiary/aromatic N) is 1. The van der Waals surface area contributed by atoms with E-state index in [4.69, 9.17) is 0 Å². The Morgan fingerprint density at radius 1 is 1.46 bits per heavy atom. The molecule has 0 amide bonds.